The van der Waals surface area contributed by atoms with Gasteiger partial charge in [-0.15, -0.1) is 23.7 Å². The van der Waals surface area contributed by atoms with Crippen molar-refractivity contribution in [3.63, 3.8) is 0 Å². The highest BCUT2D eigenvalue weighted by Crippen LogP contribution is 2.25. The van der Waals surface area contributed by atoms with Gasteiger partial charge in [-0.2, -0.15) is 0 Å². The van der Waals surface area contributed by atoms with Gasteiger partial charge >= 0.3 is 0 Å². The lowest BCUT2D eigenvalue weighted by atomic mass is 10.3. The van der Waals surface area contributed by atoms with Crippen LogP contribution in [0.1, 0.15) is 13.3 Å². The molecule has 2 rings (SSSR count). The van der Waals surface area contributed by atoms with Gasteiger partial charge in [-0.05, 0) is 6.92 Å². The zero-order valence-electron chi connectivity index (χ0n) is 9.42. The number of hydrogen-bond acceptors (Lipinski definition) is 4. The van der Waals surface area contributed by atoms with E-state index in [0.29, 0.717) is 11.4 Å². The van der Waals surface area contributed by atoms with E-state index in [1.165, 1.54) is 15.7 Å². The van der Waals surface area contributed by atoms with Gasteiger partial charge in [0.05, 0.1) is 0 Å². The van der Waals surface area contributed by atoms with Gasteiger partial charge in [0.1, 0.15) is 0 Å². The molecule has 0 fully saturated rings. The number of nitrogens with one attached hydrogen (secondary N) is 1. The molecule has 2 aromatic heterocycles. The zero-order chi connectivity index (χ0) is 13.3. The quantitative estimate of drug-likeness (QED) is 0.875. The van der Waals surface area contributed by atoms with Crippen LogP contribution >= 0.6 is 22.9 Å². The molecule has 0 saturated heterocycles. The third kappa shape index (κ3) is 2.37. The number of halogens is 1. The molecule has 0 aromatic carbocycles. The van der Waals surface area contributed by atoms with E-state index in [1.54, 1.807) is 18.5 Å². The Morgan fingerprint density at radius 3 is 3.11 bits per heavy atom. The number of imidazole rings is 1. The molecular formula is C10H10ClN3O2S2. The fourth-order valence-corrected chi connectivity index (χ4v) is 4.21. The predicted octanol–water partition coefficient (Wildman–Crippen LogP) is 1.74. The largest absolute Gasteiger partial charge is 0.279 e. The summed E-state index contributed by atoms with van der Waals surface area (Å²) in [6.07, 6.45) is 7.06. The lowest BCUT2D eigenvalue weighted by Crippen LogP contribution is -2.33. The average Bonchev–Trinajstić information content (AvgIpc) is 2.75. The highest BCUT2D eigenvalue weighted by Gasteiger charge is 2.26. The number of nitrogens with zero attached hydrogens (tertiary/aromatic N) is 2. The number of rotatable bonds is 4. The molecule has 0 amide bonds. The van der Waals surface area contributed by atoms with Crippen LogP contribution in [-0.4, -0.2) is 23.8 Å². The van der Waals surface area contributed by atoms with Crippen LogP contribution in [0.5, 0.6) is 0 Å². The molecule has 0 bridgehead atoms. The number of thiazole rings is 1. The minimum Gasteiger partial charge on any atom is -0.279 e. The van der Waals surface area contributed by atoms with Crippen molar-refractivity contribution in [2.45, 2.75) is 24.4 Å². The van der Waals surface area contributed by atoms with Crippen LogP contribution in [0.2, 0.25) is 5.15 Å². The summed E-state index contributed by atoms with van der Waals surface area (Å²) in [6, 6.07) is -0.361. The third-order valence-electron chi connectivity index (χ3n) is 2.21. The monoisotopic (exact) mass is 303 g/mol. The van der Waals surface area contributed by atoms with Crippen LogP contribution in [0.15, 0.2) is 16.6 Å². The van der Waals surface area contributed by atoms with Crippen molar-refractivity contribution in [1.29, 1.82) is 0 Å². The third-order valence-corrected chi connectivity index (χ3v) is 4.96. The first-order valence-corrected chi connectivity index (χ1v) is 7.76. The van der Waals surface area contributed by atoms with Gasteiger partial charge in [0.15, 0.2) is 15.1 Å². The van der Waals surface area contributed by atoms with Crippen LogP contribution in [0, 0.1) is 12.3 Å². The lowest BCUT2D eigenvalue weighted by molar-refractivity contribution is 0.559. The van der Waals surface area contributed by atoms with Crippen molar-refractivity contribution >= 4 is 37.9 Å². The van der Waals surface area contributed by atoms with Gasteiger partial charge < -0.3 is 0 Å². The first-order chi connectivity index (χ1) is 8.45. The predicted molar refractivity (Wildman–Crippen MR) is 71.3 cm³/mol. The fraction of sp³-hybridized carbons (Fsp3) is 0.300. The Morgan fingerprint density at radius 1 is 1.72 bits per heavy atom. The molecule has 0 spiro atoms. The maximum Gasteiger partial charge on any atom is 0.260 e. The van der Waals surface area contributed by atoms with Gasteiger partial charge in [-0.25, -0.2) is 18.1 Å². The summed E-state index contributed by atoms with van der Waals surface area (Å²) < 4.78 is 28.3. The van der Waals surface area contributed by atoms with Crippen molar-refractivity contribution in [2.24, 2.45) is 0 Å². The van der Waals surface area contributed by atoms with E-state index >= 15 is 0 Å². The van der Waals surface area contributed by atoms with Gasteiger partial charge in [-0.3, -0.25) is 4.40 Å². The summed E-state index contributed by atoms with van der Waals surface area (Å²) in [5.41, 5.74) is 0. The van der Waals surface area contributed by atoms with Crippen LogP contribution < -0.4 is 4.72 Å². The van der Waals surface area contributed by atoms with Gasteiger partial charge in [0.25, 0.3) is 10.0 Å². The van der Waals surface area contributed by atoms with E-state index in [4.69, 9.17) is 18.0 Å². The summed E-state index contributed by atoms with van der Waals surface area (Å²) in [5.74, 6) is 2.40. The SMILES string of the molecule is C#CCC(C)NS(=O)(=O)c1c(Cl)nc2sccn12. The smallest absolute Gasteiger partial charge is 0.260 e. The van der Waals surface area contributed by atoms with Crippen molar-refractivity contribution < 1.29 is 8.42 Å². The molecule has 0 radical (unpaired) electrons. The Morgan fingerprint density at radius 2 is 2.44 bits per heavy atom. The van der Waals surface area contributed by atoms with E-state index in [2.05, 4.69) is 15.6 Å². The first-order valence-electron chi connectivity index (χ1n) is 5.02. The van der Waals surface area contributed by atoms with E-state index in [9.17, 15) is 8.42 Å². The second-order valence-electron chi connectivity index (χ2n) is 3.69. The molecule has 0 aliphatic heterocycles. The summed E-state index contributed by atoms with van der Waals surface area (Å²) in [4.78, 5) is 4.51. The Labute approximate surface area is 114 Å². The molecule has 1 unspecified atom stereocenters. The average molecular weight is 304 g/mol. The molecule has 0 saturated carbocycles. The van der Waals surface area contributed by atoms with Crippen molar-refractivity contribution in [3.05, 3.63) is 16.7 Å². The standard InChI is InChI=1S/C10H10ClN3O2S2/c1-3-4-7(2)13-18(15,16)9-8(11)12-10-14(9)5-6-17-10/h1,5-7,13H,4H2,2H3. The van der Waals surface area contributed by atoms with E-state index < -0.39 is 10.0 Å². The van der Waals surface area contributed by atoms with Crippen LogP contribution in [0.4, 0.5) is 0 Å². The number of aromatic nitrogens is 2. The molecule has 96 valence electrons. The number of terminal acetylenes is 1. The lowest BCUT2D eigenvalue weighted by Gasteiger charge is -2.10. The van der Waals surface area contributed by atoms with Crippen LogP contribution in [0.25, 0.3) is 4.96 Å². The highest BCUT2D eigenvalue weighted by molar-refractivity contribution is 7.89. The molecule has 0 aliphatic rings. The van der Waals surface area contributed by atoms with Crippen LogP contribution in [0.3, 0.4) is 0 Å². The summed E-state index contributed by atoms with van der Waals surface area (Å²) in [7, 11) is -3.74. The Hall–Kier alpha value is -1.07. The minimum absolute atomic E-state index is 0.0396. The Kier molecular flexibility index (Phi) is 3.64. The Bertz CT molecular complexity index is 711. The Balaban J connectivity index is 2.44. The zero-order valence-corrected chi connectivity index (χ0v) is 11.8. The van der Waals surface area contributed by atoms with Crippen molar-refractivity contribution in [1.82, 2.24) is 14.1 Å². The first kappa shape index (κ1) is 13.4. The molecule has 5 nitrogen and oxygen atoms in total. The maximum atomic E-state index is 12.2. The molecule has 2 aromatic rings. The van der Waals surface area contributed by atoms with E-state index in [1.807, 2.05) is 0 Å². The molecule has 18 heavy (non-hydrogen) atoms. The van der Waals surface area contributed by atoms with Crippen LogP contribution in [-0.2, 0) is 10.0 Å². The van der Waals surface area contributed by atoms with Crippen molar-refractivity contribution in [2.75, 3.05) is 0 Å². The topological polar surface area (TPSA) is 63.5 Å². The molecule has 8 heteroatoms. The second kappa shape index (κ2) is 4.90. The summed E-state index contributed by atoms with van der Waals surface area (Å²) >= 11 is 7.18. The molecule has 1 atom stereocenters. The number of sulfonamides is 1. The van der Waals surface area contributed by atoms with E-state index in [0.717, 1.165) is 0 Å². The number of hydrogen-bond donors (Lipinski definition) is 1. The van der Waals surface area contributed by atoms with Gasteiger partial charge in [0, 0.05) is 24.0 Å². The van der Waals surface area contributed by atoms with Gasteiger partial charge in [0.2, 0.25) is 0 Å². The summed E-state index contributed by atoms with van der Waals surface area (Å²) in [5, 5.41) is 1.65. The van der Waals surface area contributed by atoms with Crippen molar-refractivity contribution in [3.8, 4) is 12.3 Å². The molecular weight excluding hydrogens is 294 g/mol. The number of fused-ring (bicyclic) bond motifs is 1. The minimum atomic E-state index is -3.74. The maximum absolute atomic E-state index is 12.2. The highest BCUT2D eigenvalue weighted by atomic mass is 35.5. The normalized spacial score (nSPS) is 13.6. The molecule has 2 heterocycles. The summed E-state index contributed by atoms with van der Waals surface area (Å²) in [6.45, 7) is 1.69. The second-order valence-corrected chi connectivity index (χ2v) is 6.55. The van der Waals surface area contributed by atoms with Gasteiger partial charge in [-0.1, -0.05) is 11.6 Å². The van der Waals surface area contributed by atoms with E-state index in [-0.39, 0.29) is 16.2 Å². The molecule has 0 aliphatic carbocycles. The molecule has 1 N–H and O–H groups in total. The fourth-order valence-electron chi connectivity index (χ4n) is 1.52.